The SMILES string of the molecule is CC(=O)c1ccc(NC(=O)C2CCN(c3nnc(-n4c(C)ccc4C)s3)CC2)cc1. The number of rotatable bonds is 5. The predicted molar refractivity (Wildman–Crippen MR) is 119 cm³/mol. The first kappa shape index (κ1) is 20.3. The van der Waals surface area contributed by atoms with Gasteiger partial charge in [0.15, 0.2) is 5.78 Å². The Morgan fingerprint density at radius 1 is 0.967 bits per heavy atom. The minimum Gasteiger partial charge on any atom is -0.347 e. The summed E-state index contributed by atoms with van der Waals surface area (Å²) < 4.78 is 2.11. The highest BCUT2D eigenvalue weighted by Crippen LogP contribution is 2.29. The summed E-state index contributed by atoms with van der Waals surface area (Å²) in [6.07, 6.45) is 1.54. The van der Waals surface area contributed by atoms with Crippen LogP contribution < -0.4 is 10.2 Å². The Bertz CT molecular complexity index is 1040. The quantitative estimate of drug-likeness (QED) is 0.628. The zero-order chi connectivity index (χ0) is 21.3. The zero-order valence-corrected chi connectivity index (χ0v) is 18.2. The molecule has 7 nitrogen and oxygen atoms in total. The van der Waals surface area contributed by atoms with Crippen molar-refractivity contribution >= 4 is 33.8 Å². The molecule has 1 aromatic carbocycles. The van der Waals surface area contributed by atoms with E-state index >= 15 is 0 Å². The van der Waals surface area contributed by atoms with E-state index in [1.807, 2.05) is 0 Å². The normalized spacial score (nSPS) is 14.7. The van der Waals surface area contributed by atoms with Gasteiger partial charge in [0.2, 0.25) is 16.2 Å². The van der Waals surface area contributed by atoms with E-state index in [4.69, 9.17) is 0 Å². The molecule has 0 atom stereocenters. The van der Waals surface area contributed by atoms with Crippen LogP contribution in [0.2, 0.25) is 0 Å². The fourth-order valence-corrected chi connectivity index (χ4v) is 4.78. The van der Waals surface area contributed by atoms with Crippen molar-refractivity contribution < 1.29 is 9.59 Å². The monoisotopic (exact) mass is 423 g/mol. The molecular weight excluding hydrogens is 398 g/mol. The van der Waals surface area contributed by atoms with Gasteiger partial charge in [0.25, 0.3) is 0 Å². The number of piperidine rings is 1. The van der Waals surface area contributed by atoms with E-state index in [0.29, 0.717) is 5.56 Å². The summed E-state index contributed by atoms with van der Waals surface area (Å²) in [4.78, 5) is 26.2. The van der Waals surface area contributed by atoms with Crippen molar-refractivity contribution in [2.24, 2.45) is 5.92 Å². The first-order valence-electron chi connectivity index (χ1n) is 10.1. The fraction of sp³-hybridized carbons (Fsp3) is 0.364. The molecule has 0 bridgehead atoms. The van der Waals surface area contributed by atoms with Crippen LogP contribution in [0.3, 0.4) is 0 Å². The second kappa shape index (κ2) is 8.39. The maximum atomic E-state index is 12.6. The van der Waals surface area contributed by atoms with E-state index < -0.39 is 0 Å². The number of hydrogen-bond donors (Lipinski definition) is 1. The largest absolute Gasteiger partial charge is 0.347 e. The maximum absolute atomic E-state index is 12.6. The van der Waals surface area contributed by atoms with Crippen LogP contribution in [0.15, 0.2) is 36.4 Å². The van der Waals surface area contributed by atoms with Crippen LogP contribution in [0, 0.1) is 19.8 Å². The van der Waals surface area contributed by atoms with Gasteiger partial charge in [0.1, 0.15) is 0 Å². The van der Waals surface area contributed by atoms with Crippen LogP contribution in [0.1, 0.15) is 41.5 Å². The third kappa shape index (κ3) is 4.14. The number of nitrogens with zero attached hydrogens (tertiary/aromatic N) is 4. The van der Waals surface area contributed by atoms with Crippen LogP contribution in [0.4, 0.5) is 10.8 Å². The molecular formula is C22H25N5O2S. The van der Waals surface area contributed by atoms with E-state index in [1.54, 1.807) is 35.6 Å². The van der Waals surface area contributed by atoms with Crippen molar-refractivity contribution in [3.05, 3.63) is 53.3 Å². The molecule has 156 valence electrons. The molecule has 0 saturated carbocycles. The summed E-state index contributed by atoms with van der Waals surface area (Å²) in [7, 11) is 0. The highest BCUT2D eigenvalue weighted by molar-refractivity contribution is 7.17. The third-order valence-corrected chi connectivity index (χ3v) is 6.53. The maximum Gasteiger partial charge on any atom is 0.227 e. The molecule has 0 unspecified atom stereocenters. The number of hydrogen-bond acceptors (Lipinski definition) is 6. The average Bonchev–Trinajstić information content (AvgIpc) is 3.34. The van der Waals surface area contributed by atoms with E-state index in [2.05, 4.69) is 51.0 Å². The smallest absolute Gasteiger partial charge is 0.227 e. The number of benzene rings is 1. The molecule has 0 radical (unpaired) electrons. The molecule has 4 rings (SSSR count). The van der Waals surface area contributed by atoms with Crippen molar-refractivity contribution in [1.82, 2.24) is 14.8 Å². The van der Waals surface area contributed by atoms with Gasteiger partial charge in [-0.3, -0.25) is 14.2 Å². The molecule has 2 aromatic heterocycles. The molecule has 30 heavy (non-hydrogen) atoms. The van der Waals surface area contributed by atoms with E-state index in [1.165, 1.54) is 6.92 Å². The molecule has 3 aromatic rings. The first-order valence-corrected chi connectivity index (χ1v) is 10.9. The molecule has 0 aliphatic carbocycles. The summed E-state index contributed by atoms with van der Waals surface area (Å²) in [5, 5.41) is 13.5. The Balaban J connectivity index is 1.35. The molecule has 0 spiro atoms. The highest BCUT2D eigenvalue weighted by atomic mass is 32.1. The van der Waals surface area contributed by atoms with E-state index in [0.717, 1.165) is 53.3 Å². The van der Waals surface area contributed by atoms with Gasteiger partial charge in [0.05, 0.1) is 0 Å². The highest BCUT2D eigenvalue weighted by Gasteiger charge is 2.27. The topological polar surface area (TPSA) is 80.1 Å². The fourth-order valence-electron chi connectivity index (χ4n) is 3.76. The summed E-state index contributed by atoms with van der Waals surface area (Å²) in [6, 6.07) is 11.2. The number of ketones is 1. The summed E-state index contributed by atoms with van der Waals surface area (Å²) >= 11 is 1.58. The number of Topliss-reactive ketones (excluding diaryl/α,β-unsaturated/α-hetero) is 1. The van der Waals surface area contributed by atoms with Crippen LogP contribution in [0.25, 0.3) is 5.13 Å². The minimum absolute atomic E-state index is 0.0159. The molecule has 1 aliphatic heterocycles. The third-order valence-electron chi connectivity index (χ3n) is 5.56. The molecule has 3 heterocycles. The zero-order valence-electron chi connectivity index (χ0n) is 17.4. The van der Waals surface area contributed by atoms with Gasteiger partial charge < -0.3 is 10.2 Å². The van der Waals surface area contributed by atoms with E-state index in [-0.39, 0.29) is 17.6 Å². The number of carbonyl (C=O) groups excluding carboxylic acids is 2. The molecule has 1 saturated heterocycles. The second-order valence-corrected chi connectivity index (χ2v) is 8.64. The Hall–Kier alpha value is -3.00. The van der Waals surface area contributed by atoms with Crippen LogP contribution in [-0.2, 0) is 4.79 Å². The standard InChI is InChI=1S/C22H25N5O2S/c1-14-4-5-15(2)27(14)22-25-24-21(30-22)26-12-10-18(11-13-26)20(29)23-19-8-6-17(7-9-19)16(3)28/h4-9,18H,10-13H2,1-3H3,(H,23,29). The van der Waals surface area contributed by atoms with Crippen LogP contribution in [-0.4, -0.2) is 39.5 Å². The van der Waals surface area contributed by atoms with Crippen molar-refractivity contribution in [2.45, 2.75) is 33.6 Å². The van der Waals surface area contributed by atoms with Gasteiger partial charge in [-0.05, 0) is 70.0 Å². The Morgan fingerprint density at radius 3 is 2.17 bits per heavy atom. The second-order valence-electron chi connectivity index (χ2n) is 7.70. The van der Waals surface area contributed by atoms with Crippen molar-refractivity contribution in [3.8, 4) is 5.13 Å². The van der Waals surface area contributed by atoms with Crippen LogP contribution >= 0.6 is 11.3 Å². The van der Waals surface area contributed by atoms with Crippen molar-refractivity contribution in [2.75, 3.05) is 23.3 Å². The Kier molecular flexibility index (Phi) is 5.67. The predicted octanol–water partition coefficient (Wildman–Crippen LogP) is 4.00. The Morgan fingerprint density at radius 2 is 1.57 bits per heavy atom. The lowest BCUT2D eigenvalue weighted by atomic mass is 9.96. The lowest BCUT2D eigenvalue weighted by molar-refractivity contribution is -0.120. The number of amides is 1. The molecule has 1 N–H and O–H groups in total. The van der Waals surface area contributed by atoms with E-state index in [9.17, 15) is 9.59 Å². The summed E-state index contributed by atoms with van der Waals surface area (Å²) in [5.41, 5.74) is 3.64. The van der Waals surface area contributed by atoms with Gasteiger partial charge in [-0.1, -0.05) is 11.3 Å². The molecule has 1 amide bonds. The molecule has 1 aliphatic rings. The minimum atomic E-state index is -0.0323. The lowest BCUT2D eigenvalue weighted by Crippen LogP contribution is -2.38. The van der Waals surface area contributed by atoms with Gasteiger partial charge in [-0.25, -0.2) is 0 Å². The lowest BCUT2D eigenvalue weighted by Gasteiger charge is -2.30. The van der Waals surface area contributed by atoms with Gasteiger partial charge >= 0.3 is 0 Å². The number of aryl methyl sites for hydroxylation is 2. The first-order chi connectivity index (χ1) is 14.4. The average molecular weight is 424 g/mol. The van der Waals surface area contributed by atoms with Crippen LogP contribution in [0.5, 0.6) is 0 Å². The summed E-state index contributed by atoms with van der Waals surface area (Å²) in [6.45, 7) is 7.21. The number of anilines is 2. The number of aromatic nitrogens is 3. The molecule has 8 heteroatoms. The van der Waals surface area contributed by atoms with Gasteiger partial charge in [0, 0.05) is 41.6 Å². The molecule has 1 fully saturated rings. The summed E-state index contributed by atoms with van der Waals surface area (Å²) in [5.74, 6) is 0.0130. The number of carbonyl (C=O) groups is 2. The van der Waals surface area contributed by atoms with Gasteiger partial charge in [-0.2, -0.15) is 0 Å². The van der Waals surface area contributed by atoms with Crippen molar-refractivity contribution in [3.63, 3.8) is 0 Å². The number of nitrogens with one attached hydrogen (secondary N) is 1. The van der Waals surface area contributed by atoms with Crippen molar-refractivity contribution in [1.29, 1.82) is 0 Å². The Labute approximate surface area is 179 Å². The van der Waals surface area contributed by atoms with Gasteiger partial charge in [-0.15, -0.1) is 10.2 Å².